The topological polar surface area (TPSA) is 102 Å². The van der Waals surface area contributed by atoms with Gasteiger partial charge in [0, 0.05) is 23.8 Å². The van der Waals surface area contributed by atoms with E-state index in [1.807, 2.05) is 26.8 Å². The quantitative estimate of drug-likeness (QED) is 0.260. The van der Waals surface area contributed by atoms with E-state index < -0.39 is 49.0 Å². The molecule has 5 rings (SSSR count). The predicted molar refractivity (Wildman–Crippen MR) is 159 cm³/mol. The van der Waals surface area contributed by atoms with Crippen molar-refractivity contribution in [1.82, 2.24) is 0 Å². The highest BCUT2D eigenvalue weighted by molar-refractivity contribution is 6.74. The Labute approximate surface area is 245 Å². The highest BCUT2D eigenvalue weighted by Gasteiger charge is 2.73. The van der Waals surface area contributed by atoms with Gasteiger partial charge in [-0.25, -0.2) is 4.79 Å². The van der Waals surface area contributed by atoms with Crippen LogP contribution in [0.15, 0.2) is 52.8 Å². The summed E-state index contributed by atoms with van der Waals surface area (Å²) in [5.41, 5.74) is -0.914. The molecule has 8 heteroatoms. The maximum atomic E-state index is 14.4. The fraction of sp³-hybridized carbons (Fsp3) is 0.636. The van der Waals surface area contributed by atoms with Crippen molar-refractivity contribution in [3.8, 4) is 0 Å². The zero-order valence-electron chi connectivity index (χ0n) is 26.0. The van der Waals surface area contributed by atoms with E-state index in [-0.39, 0.29) is 35.3 Å². The van der Waals surface area contributed by atoms with Crippen molar-refractivity contribution in [2.75, 3.05) is 7.11 Å². The van der Waals surface area contributed by atoms with Crippen molar-refractivity contribution in [2.45, 2.75) is 109 Å². The summed E-state index contributed by atoms with van der Waals surface area (Å²) in [6.07, 6.45) is -1.35. The lowest BCUT2D eigenvalue weighted by Gasteiger charge is -2.57. The lowest BCUT2D eigenvalue weighted by Crippen LogP contribution is -2.64. The number of aliphatic hydroxyl groups is 2. The number of fused-ring (bicyclic) bond motifs is 2. The smallest absolute Gasteiger partial charge is 0.338 e. The second-order valence-electron chi connectivity index (χ2n) is 14.6. The summed E-state index contributed by atoms with van der Waals surface area (Å²) < 4.78 is 19.1. The Balaban J connectivity index is 1.74. The minimum atomic E-state index is -2.30. The minimum Gasteiger partial charge on any atom is -0.498 e. The Hall–Kier alpha value is -2.26. The van der Waals surface area contributed by atoms with Gasteiger partial charge in [0.05, 0.1) is 24.2 Å². The number of methoxy groups -OCH3 is 1. The number of carbonyl (C=O) groups is 2. The predicted octanol–water partition coefficient (Wildman–Crippen LogP) is 5.72. The maximum Gasteiger partial charge on any atom is 0.338 e. The summed E-state index contributed by atoms with van der Waals surface area (Å²) in [7, 11) is -0.833. The van der Waals surface area contributed by atoms with Gasteiger partial charge < -0.3 is 24.1 Å². The molecule has 2 fully saturated rings. The molecule has 4 aliphatic carbocycles. The first kappa shape index (κ1) is 30.2. The first-order valence-corrected chi connectivity index (χ1v) is 17.7. The molecule has 0 aliphatic heterocycles. The molecule has 0 heterocycles. The molecular formula is C33H46O7Si. The SMILES string of the molecule is COC1=C2[C@H](OC(=O)c3ccccc3)[C@]3(O)C[C@H](O[Si](C)(C)C(C)(C)C)C(C)=C(CC(=O)[C@@]24C[C@H]4C[C@H]1O)C3(C)C. The highest BCUT2D eigenvalue weighted by atomic mass is 28.4. The lowest BCUT2D eigenvalue weighted by molar-refractivity contribution is -0.161. The number of hydrogen-bond acceptors (Lipinski definition) is 7. The van der Waals surface area contributed by atoms with Gasteiger partial charge in [-0.15, -0.1) is 0 Å². The second kappa shape index (κ2) is 9.63. The molecule has 1 aromatic carbocycles. The zero-order chi connectivity index (χ0) is 30.3. The van der Waals surface area contributed by atoms with Crippen LogP contribution in [0.5, 0.6) is 0 Å². The number of hydrogen-bond donors (Lipinski definition) is 2. The number of ketones is 1. The van der Waals surface area contributed by atoms with E-state index in [0.717, 1.165) is 11.1 Å². The van der Waals surface area contributed by atoms with E-state index in [1.165, 1.54) is 7.11 Å². The Morgan fingerprint density at radius 2 is 1.73 bits per heavy atom. The lowest BCUT2D eigenvalue weighted by atomic mass is 9.54. The Bertz CT molecular complexity index is 1320. The van der Waals surface area contributed by atoms with E-state index >= 15 is 0 Å². The van der Waals surface area contributed by atoms with Crippen LogP contribution in [0.3, 0.4) is 0 Å². The molecule has 6 atom stereocenters. The monoisotopic (exact) mass is 582 g/mol. The van der Waals surface area contributed by atoms with Gasteiger partial charge in [0.2, 0.25) is 0 Å². The third-order valence-electron chi connectivity index (χ3n) is 11.2. The molecule has 0 radical (unpaired) electrons. The molecular weight excluding hydrogens is 536 g/mol. The molecule has 1 aromatic rings. The van der Waals surface area contributed by atoms with Gasteiger partial charge in [-0.05, 0) is 61.5 Å². The third kappa shape index (κ3) is 4.39. The number of carbonyl (C=O) groups excluding carboxylic acids is 2. The van der Waals surface area contributed by atoms with E-state index in [4.69, 9.17) is 13.9 Å². The molecule has 41 heavy (non-hydrogen) atoms. The number of rotatable bonds is 5. The van der Waals surface area contributed by atoms with Gasteiger partial charge in [0.15, 0.2) is 14.4 Å². The molecule has 224 valence electrons. The maximum absolute atomic E-state index is 14.4. The van der Waals surface area contributed by atoms with Gasteiger partial charge in [0.25, 0.3) is 0 Å². The van der Waals surface area contributed by atoms with Gasteiger partial charge >= 0.3 is 5.97 Å². The number of Topliss-reactive ketones (excluding diaryl/α,β-unsaturated/α-hetero) is 1. The van der Waals surface area contributed by atoms with Crippen molar-refractivity contribution >= 4 is 20.1 Å². The fourth-order valence-electron chi connectivity index (χ4n) is 7.38. The molecule has 2 bridgehead atoms. The average molecular weight is 583 g/mol. The molecule has 0 saturated heterocycles. The summed E-state index contributed by atoms with van der Waals surface area (Å²) in [6.45, 7) is 16.8. The molecule has 7 nitrogen and oxygen atoms in total. The summed E-state index contributed by atoms with van der Waals surface area (Å²) in [4.78, 5) is 28.1. The molecule has 0 amide bonds. The van der Waals surface area contributed by atoms with Crippen LogP contribution in [0, 0.1) is 16.7 Å². The van der Waals surface area contributed by atoms with Crippen molar-refractivity contribution in [3.63, 3.8) is 0 Å². The molecule has 0 aromatic heterocycles. The molecule has 1 spiro atoms. The van der Waals surface area contributed by atoms with Crippen LogP contribution in [0.2, 0.25) is 18.1 Å². The highest BCUT2D eigenvalue weighted by Crippen LogP contribution is 2.70. The normalized spacial score (nSPS) is 34.8. The Kier molecular flexibility index (Phi) is 7.09. The zero-order valence-corrected chi connectivity index (χ0v) is 27.0. The molecule has 2 saturated carbocycles. The van der Waals surface area contributed by atoms with Crippen molar-refractivity contribution < 1.29 is 33.7 Å². The third-order valence-corrected chi connectivity index (χ3v) is 15.7. The Morgan fingerprint density at radius 1 is 1.10 bits per heavy atom. The van der Waals surface area contributed by atoms with Crippen molar-refractivity contribution in [3.05, 3.63) is 58.4 Å². The summed E-state index contributed by atoms with van der Waals surface area (Å²) in [5, 5.41) is 24.2. The summed E-state index contributed by atoms with van der Waals surface area (Å²) in [5.74, 6) is -0.434. The number of benzene rings is 1. The standard InChI is InChI=1S/C33H46O7Si/c1-19-22-16-25(35)32-17-21(32)15-23(34)27(38-7)26(32)28(39-29(36)20-13-11-10-12-14-20)33(37,31(22,5)6)18-24(19)40-41(8,9)30(2,3)4/h10-14,21,23-24,28,34,37H,15-18H2,1-9H3/t21-,23-,24+,28+,32+,33-/m1/s1. The molecule has 4 aliphatic rings. The van der Waals surface area contributed by atoms with Crippen LogP contribution < -0.4 is 0 Å². The van der Waals surface area contributed by atoms with Crippen LogP contribution >= 0.6 is 0 Å². The van der Waals surface area contributed by atoms with E-state index in [2.05, 4.69) is 33.9 Å². The van der Waals surface area contributed by atoms with Crippen LogP contribution in [0.4, 0.5) is 0 Å². The largest absolute Gasteiger partial charge is 0.498 e. The number of aliphatic hydroxyl groups excluding tert-OH is 1. The summed E-state index contributed by atoms with van der Waals surface area (Å²) >= 11 is 0. The van der Waals surface area contributed by atoms with Crippen LogP contribution in [0.1, 0.15) is 77.6 Å². The minimum absolute atomic E-state index is 0.0251. The molecule has 0 unspecified atom stereocenters. The van der Waals surface area contributed by atoms with Crippen LogP contribution in [0.25, 0.3) is 0 Å². The Morgan fingerprint density at radius 3 is 2.32 bits per heavy atom. The fourth-order valence-corrected chi connectivity index (χ4v) is 8.71. The van der Waals surface area contributed by atoms with E-state index in [9.17, 15) is 19.8 Å². The molecule has 2 N–H and O–H groups in total. The van der Waals surface area contributed by atoms with Crippen molar-refractivity contribution in [2.24, 2.45) is 16.7 Å². The first-order chi connectivity index (χ1) is 18.9. The average Bonchev–Trinajstić information content (AvgIpc) is 3.62. The summed E-state index contributed by atoms with van der Waals surface area (Å²) in [6, 6.07) is 8.67. The number of esters is 1. The van der Waals surface area contributed by atoms with Gasteiger partial charge in [-0.2, -0.15) is 0 Å². The van der Waals surface area contributed by atoms with Gasteiger partial charge in [0.1, 0.15) is 23.2 Å². The number of ether oxygens (including phenoxy) is 2. The second-order valence-corrected chi connectivity index (χ2v) is 19.4. The van der Waals surface area contributed by atoms with Crippen LogP contribution in [-0.2, 0) is 18.7 Å². The van der Waals surface area contributed by atoms with Gasteiger partial charge in [-0.1, -0.05) is 58.4 Å². The first-order valence-electron chi connectivity index (χ1n) is 14.8. The van der Waals surface area contributed by atoms with Crippen molar-refractivity contribution in [1.29, 1.82) is 0 Å². The van der Waals surface area contributed by atoms with Gasteiger partial charge in [-0.3, -0.25) is 4.79 Å². The van der Waals surface area contributed by atoms with Crippen LogP contribution in [-0.4, -0.2) is 61.3 Å². The van der Waals surface area contributed by atoms with E-state index in [1.54, 1.807) is 24.3 Å². The van der Waals surface area contributed by atoms with E-state index in [0.29, 0.717) is 24.0 Å².